The van der Waals surface area contributed by atoms with Crippen LogP contribution in [0, 0.1) is 19.7 Å². The predicted octanol–water partition coefficient (Wildman–Crippen LogP) is 5.75. The number of halogens is 1. The average molecular weight is 441 g/mol. The summed E-state index contributed by atoms with van der Waals surface area (Å²) in [4.78, 5) is 18.2. The van der Waals surface area contributed by atoms with E-state index in [0.717, 1.165) is 22.6 Å². The van der Waals surface area contributed by atoms with Crippen molar-refractivity contribution in [2.75, 3.05) is 11.1 Å². The van der Waals surface area contributed by atoms with E-state index in [0.29, 0.717) is 22.9 Å². The first-order valence-corrected chi connectivity index (χ1v) is 11.4. The van der Waals surface area contributed by atoms with Crippen LogP contribution < -0.4 is 5.32 Å². The standard InChI is InChI=1S/C22H21FN4OS2/c1-14-5-8-17(9-6-14)29-11-3-4-21(28)25-20-12-15(2)26-27(20)22-24-18-10-7-16(23)13-19(18)30-22/h5-10,12-13H,3-4,11H2,1-2H3,(H,25,28). The van der Waals surface area contributed by atoms with Crippen molar-refractivity contribution in [3.8, 4) is 5.13 Å². The van der Waals surface area contributed by atoms with Gasteiger partial charge in [0.15, 0.2) is 0 Å². The number of carbonyl (C=O) groups excluding carboxylic acids is 1. The molecule has 2 aromatic heterocycles. The molecule has 0 unspecified atom stereocenters. The van der Waals surface area contributed by atoms with E-state index >= 15 is 0 Å². The van der Waals surface area contributed by atoms with E-state index in [1.54, 1.807) is 22.5 Å². The van der Waals surface area contributed by atoms with Gasteiger partial charge in [-0.25, -0.2) is 9.37 Å². The molecule has 2 heterocycles. The number of rotatable bonds is 7. The molecule has 0 spiro atoms. The maximum Gasteiger partial charge on any atom is 0.225 e. The van der Waals surface area contributed by atoms with Crippen molar-refractivity contribution in [1.29, 1.82) is 0 Å². The highest BCUT2D eigenvalue weighted by atomic mass is 32.2. The Morgan fingerprint density at radius 3 is 2.77 bits per heavy atom. The molecule has 1 N–H and O–H groups in total. The molecule has 4 rings (SSSR count). The molecule has 0 aliphatic carbocycles. The number of amides is 1. The highest BCUT2D eigenvalue weighted by Crippen LogP contribution is 2.28. The van der Waals surface area contributed by atoms with Crippen molar-refractivity contribution >= 4 is 45.0 Å². The zero-order chi connectivity index (χ0) is 21.1. The van der Waals surface area contributed by atoms with Crippen LogP contribution in [0.4, 0.5) is 10.2 Å². The van der Waals surface area contributed by atoms with E-state index < -0.39 is 0 Å². The van der Waals surface area contributed by atoms with Crippen molar-refractivity contribution in [3.05, 3.63) is 65.6 Å². The molecule has 0 saturated carbocycles. The summed E-state index contributed by atoms with van der Waals surface area (Å²) in [5.41, 5.74) is 2.71. The number of thiazole rings is 1. The van der Waals surface area contributed by atoms with Gasteiger partial charge < -0.3 is 5.32 Å². The molecule has 0 fully saturated rings. The molecular weight excluding hydrogens is 419 g/mol. The number of aromatic nitrogens is 3. The van der Waals surface area contributed by atoms with Gasteiger partial charge in [0, 0.05) is 17.4 Å². The first-order chi connectivity index (χ1) is 14.5. The number of anilines is 1. The van der Waals surface area contributed by atoms with Crippen LogP contribution >= 0.6 is 23.1 Å². The van der Waals surface area contributed by atoms with E-state index in [2.05, 4.69) is 46.6 Å². The Labute approximate surface area is 182 Å². The van der Waals surface area contributed by atoms with E-state index in [9.17, 15) is 9.18 Å². The number of carbonyl (C=O) groups is 1. The Balaban J connectivity index is 1.38. The molecule has 30 heavy (non-hydrogen) atoms. The Morgan fingerprint density at radius 1 is 1.17 bits per heavy atom. The normalized spacial score (nSPS) is 11.2. The summed E-state index contributed by atoms with van der Waals surface area (Å²) in [6.07, 6.45) is 1.20. The molecule has 154 valence electrons. The van der Waals surface area contributed by atoms with Crippen LogP contribution in [0.1, 0.15) is 24.1 Å². The van der Waals surface area contributed by atoms with Crippen molar-refractivity contribution in [2.24, 2.45) is 0 Å². The minimum Gasteiger partial charge on any atom is -0.311 e. The van der Waals surface area contributed by atoms with Gasteiger partial charge in [-0.1, -0.05) is 29.0 Å². The average Bonchev–Trinajstić information content (AvgIpc) is 3.29. The smallest absolute Gasteiger partial charge is 0.225 e. The summed E-state index contributed by atoms with van der Waals surface area (Å²) in [5, 5.41) is 7.97. The number of aryl methyl sites for hydroxylation is 2. The Bertz CT molecular complexity index is 1180. The molecule has 5 nitrogen and oxygen atoms in total. The number of benzene rings is 2. The largest absolute Gasteiger partial charge is 0.311 e. The molecule has 0 radical (unpaired) electrons. The molecule has 0 aliphatic rings. The summed E-state index contributed by atoms with van der Waals surface area (Å²) in [6, 6.07) is 14.7. The Morgan fingerprint density at radius 2 is 1.97 bits per heavy atom. The van der Waals surface area contributed by atoms with Crippen LogP contribution in [0.25, 0.3) is 15.3 Å². The summed E-state index contributed by atoms with van der Waals surface area (Å²) in [5.74, 6) is 1.08. The summed E-state index contributed by atoms with van der Waals surface area (Å²) in [6.45, 7) is 3.93. The number of hydrogen-bond donors (Lipinski definition) is 1. The van der Waals surface area contributed by atoms with Gasteiger partial charge in [0.1, 0.15) is 11.6 Å². The summed E-state index contributed by atoms with van der Waals surface area (Å²) >= 11 is 3.08. The molecule has 4 aromatic rings. The molecular formula is C22H21FN4OS2. The van der Waals surface area contributed by atoms with E-state index in [-0.39, 0.29) is 11.7 Å². The monoisotopic (exact) mass is 440 g/mol. The molecule has 1 amide bonds. The van der Waals surface area contributed by atoms with Gasteiger partial charge in [0.05, 0.1) is 15.9 Å². The highest BCUT2D eigenvalue weighted by Gasteiger charge is 2.15. The van der Waals surface area contributed by atoms with Crippen LogP contribution in [0.3, 0.4) is 0 Å². The lowest BCUT2D eigenvalue weighted by atomic mass is 10.2. The minimum absolute atomic E-state index is 0.0622. The van der Waals surface area contributed by atoms with E-state index in [4.69, 9.17) is 0 Å². The van der Waals surface area contributed by atoms with Gasteiger partial charge in [0.25, 0.3) is 0 Å². The van der Waals surface area contributed by atoms with Crippen LogP contribution in [-0.2, 0) is 4.79 Å². The number of nitrogens with one attached hydrogen (secondary N) is 1. The summed E-state index contributed by atoms with van der Waals surface area (Å²) < 4.78 is 15.8. The van der Waals surface area contributed by atoms with Gasteiger partial charge >= 0.3 is 0 Å². The van der Waals surface area contributed by atoms with Gasteiger partial charge in [0.2, 0.25) is 11.0 Å². The summed E-state index contributed by atoms with van der Waals surface area (Å²) in [7, 11) is 0. The zero-order valence-electron chi connectivity index (χ0n) is 16.7. The van der Waals surface area contributed by atoms with E-state index in [1.165, 1.54) is 33.9 Å². The third kappa shape index (κ3) is 4.88. The van der Waals surface area contributed by atoms with Crippen molar-refractivity contribution in [2.45, 2.75) is 31.6 Å². The van der Waals surface area contributed by atoms with Crippen LogP contribution in [0.15, 0.2) is 53.4 Å². The quantitative estimate of drug-likeness (QED) is 0.294. The second-order valence-electron chi connectivity index (χ2n) is 7.00. The third-order valence-corrected chi connectivity index (χ3v) is 6.55. The number of fused-ring (bicyclic) bond motifs is 1. The van der Waals surface area contributed by atoms with Gasteiger partial charge in [-0.05, 0) is 56.4 Å². The van der Waals surface area contributed by atoms with Crippen LogP contribution in [-0.4, -0.2) is 26.4 Å². The Hall–Kier alpha value is -2.71. The zero-order valence-corrected chi connectivity index (χ0v) is 18.3. The second kappa shape index (κ2) is 8.97. The molecule has 0 bridgehead atoms. The topological polar surface area (TPSA) is 59.8 Å². The van der Waals surface area contributed by atoms with Crippen LogP contribution in [0.2, 0.25) is 0 Å². The fourth-order valence-corrected chi connectivity index (χ4v) is 4.78. The first-order valence-electron chi connectivity index (χ1n) is 9.60. The lowest BCUT2D eigenvalue weighted by Gasteiger charge is -2.06. The number of nitrogens with zero attached hydrogens (tertiary/aromatic N) is 3. The second-order valence-corrected chi connectivity index (χ2v) is 9.18. The predicted molar refractivity (Wildman–Crippen MR) is 121 cm³/mol. The van der Waals surface area contributed by atoms with Gasteiger partial charge in [-0.3, -0.25) is 4.79 Å². The molecule has 0 saturated heterocycles. The Kier molecular flexibility index (Phi) is 6.15. The fraction of sp³-hybridized carbons (Fsp3) is 0.227. The van der Waals surface area contributed by atoms with Crippen molar-refractivity contribution < 1.29 is 9.18 Å². The first kappa shape index (κ1) is 20.6. The van der Waals surface area contributed by atoms with Gasteiger partial charge in [-0.2, -0.15) is 9.78 Å². The number of hydrogen-bond acceptors (Lipinski definition) is 5. The van der Waals surface area contributed by atoms with Crippen molar-refractivity contribution in [1.82, 2.24) is 14.8 Å². The minimum atomic E-state index is -0.300. The molecule has 2 aromatic carbocycles. The van der Waals surface area contributed by atoms with E-state index in [1.807, 2.05) is 13.0 Å². The van der Waals surface area contributed by atoms with Crippen LogP contribution in [0.5, 0.6) is 0 Å². The maximum absolute atomic E-state index is 13.5. The molecule has 0 atom stereocenters. The lowest BCUT2D eigenvalue weighted by molar-refractivity contribution is -0.116. The SMILES string of the molecule is Cc1ccc(SCCCC(=O)Nc2cc(C)nn2-c2nc3ccc(F)cc3s2)cc1. The van der Waals surface area contributed by atoms with Crippen molar-refractivity contribution in [3.63, 3.8) is 0 Å². The number of thioether (sulfide) groups is 1. The highest BCUT2D eigenvalue weighted by molar-refractivity contribution is 7.99. The molecule has 0 aliphatic heterocycles. The van der Waals surface area contributed by atoms with Gasteiger partial charge in [-0.15, -0.1) is 11.8 Å². The molecule has 8 heteroatoms. The lowest BCUT2D eigenvalue weighted by Crippen LogP contribution is -2.14. The third-order valence-electron chi connectivity index (χ3n) is 4.46. The maximum atomic E-state index is 13.5. The fourth-order valence-electron chi connectivity index (χ4n) is 2.97.